The molecule has 3 unspecified atom stereocenters. The Morgan fingerprint density at radius 1 is 0.738 bits per heavy atom. The first kappa shape index (κ1) is 37.9. The van der Waals surface area contributed by atoms with Gasteiger partial charge < -0.3 is 10.6 Å². The summed E-state index contributed by atoms with van der Waals surface area (Å²) in [6.07, 6.45) is 9.45. The molecule has 0 aromatic rings. The van der Waals surface area contributed by atoms with Crippen molar-refractivity contribution in [2.75, 3.05) is 18.1 Å². The molecule has 2 fully saturated rings. The molecule has 0 spiro atoms. The van der Waals surface area contributed by atoms with Crippen molar-refractivity contribution in [3.05, 3.63) is 0 Å². The Balaban J connectivity index is 0.00000431. The molecule has 2 rings (SSSR count). The van der Waals surface area contributed by atoms with Gasteiger partial charge in [-0.15, -0.1) is 23.5 Å². The molecule has 0 aliphatic carbocycles. The minimum Gasteiger partial charge on any atom is -0.356 e. The van der Waals surface area contributed by atoms with Crippen molar-refractivity contribution in [3.8, 4) is 0 Å². The highest BCUT2D eigenvalue weighted by molar-refractivity contribution is 8.00. The van der Waals surface area contributed by atoms with Gasteiger partial charge in [0.1, 0.15) is 0 Å². The van der Waals surface area contributed by atoms with Crippen LogP contribution in [0, 0.1) is 5.92 Å². The predicted octanol–water partition coefficient (Wildman–Crippen LogP) is 3.86. The van der Waals surface area contributed by atoms with E-state index in [2.05, 4.69) is 35.1 Å². The molecule has 3 atom stereocenters. The number of imide groups is 2. The summed E-state index contributed by atoms with van der Waals surface area (Å²) in [5.41, 5.74) is 0. The molecule has 2 aliphatic heterocycles. The van der Waals surface area contributed by atoms with E-state index < -0.39 is 0 Å². The molecule has 12 heteroatoms. The van der Waals surface area contributed by atoms with E-state index in [1.54, 1.807) is 0 Å². The van der Waals surface area contributed by atoms with Crippen molar-refractivity contribution in [3.63, 3.8) is 0 Å². The number of thioether (sulfide) groups is 2. The first-order chi connectivity index (χ1) is 20.2. The summed E-state index contributed by atoms with van der Waals surface area (Å²) >= 11 is 3.03. The molecule has 2 saturated heterocycles. The third kappa shape index (κ3) is 16.5. The van der Waals surface area contributed by atoms with E-state index in [0.29, 0.717) is 25.3 Å². The van der Waals surface area contributed by atoms with Crippen LogP contribution in [0.5, 0.6) is 0 Å². The Bertz CT molecular complexity index is 886. The zero-order chi connectivity index (χ0) is 31.3. The van der Waals surface area contributed by atoms with E-state index >= 15 is 0 Å². The van der Waals surface area contributed by atoms with Gasteiger partial charge in [0.15, 0.2) is 0 Å². The summed E-state index contributed by atoms with van der Waals surface area (Å²) in [4.78, 5) is 70.0. The van der Waals surface area contributed by atoms with Crippen molar-refractivity contribution < 1.29 is 28.8 Å². The maximum absolute atomic E-state index is 12.4. The minimum absolute atomic E-state index is 0.0560. The van der Waals surface area contributed by atoms with Gasteiger partial charge in [0.25, 0.3) is 0 Å². The third-order valence-corrected chi connectivity index (χ3v) is 9.62. The molecule has 0 bridgehead atoms. The lowest BCUT2D eigenvalue weighted by Gasteiger charge is -2.22. The summed E-state index contributed by atoms with van der Waals surface area (Å²) in [7, 11) is 0. The van der Waals surface area contributed by atoms with Crippen LogP contribution in [0.3, 0.4) is 0 Å². The highest BCUT2D eigenvalue weighted by Crippen LogP contribution is 2.22. The largest absolute Gasteiger partial charge is 0.356 e. The van der Waals surface area contributed by atoms with Crippen LogP contribution in [0.4, 0.5) is 0 Å². The number of hydrogen-bond acceptors (Lipinski definition) is 8. The van der Waals surface area contributed by atoms with Gasteiger partial charge in [0.2, 0.25) is 35.4 Å². The molecule has 0 radical (unpaired) electrons. The normalized spacial score (nSPS) is 18.8. The summed E-state index contributed by atoms with van der Waals surface area (Å²) in [6, 6.07) is 0.114. The summed E-state index contributed by atoms with van der Waals surface area (Å²) in [5.74, 6) is 1.30. The number of rotatable bonds is 21. The van der Waals surface area contributed by atoms with Crippen LogP contribution in [-0.2, 0) is 28.8 Å². The van der Waals surface area contributed by atoms with Gasteiger partial charge in [0, 0.05) is 38.3 Å². The van der Waals surface area contributed by atoms with Crippen LogP contribution in [0.25, 0.3) is 0 Å². The lowest BCUT2D eigenvalue weighted by Crippen LogP contribution is -2.38. The van der Waals surface area contributed by atoms with Crippen molar-refractivity contribution >= 4 is 59.0 Å². The minimum atomic E-state index is -0.264. The molecule has 0 aromatic carbocycles. The van der Waals surface area contributed by atoms with E-state index in [9.17, 15) is 28.8 Å². The quantitative estimate of drug-likeness (QED) is 0.111. The molecule has 4 N–H and O–H groups in total. The molecule has 10 nitrogen and oxygen atoms in total. The second-order valence-corrected chi connectivity index (χ2v) is 13.5. The monoisotopic (exact) mass is 628 g/mol. The molecule has 6 amide bonds. The number of unbranched alkanes of at least 4 members (excludes halogenated alkanes) is 5. The van der Waals surface area contributed by atoms with Crippen LogP contribution >= 0.6 is 23.5 Å². The molecule has 2 heterocycles. The fraction of sp³-hybridized carbons (Fsp3) is 0.800. The van der Waals surface area contributed by atoms with Gasteiger partial charge >= 0.3 is 0 Å². The van der Waals surface area contributed by atoms with Gasteiger partial charge in [-0.25, -0.2) is 0 Å². The molecule has 0 aromatic heterocycles. The number of amides is 6. The van der Waals surface area contributed by atoms with Crippen LogP contribution in [0.2, 0.25) is 0 Å². The van der Waals surface area contributed by atoms with E-state index in [4.69, 9.17) is 0 Å². The van der Waals surface area contributed by atoms with Gasteiger partial charge in [-0.2, -0.15) is 0 Å². The average Bonchev–Trinajstić information content (AvgIpc) is 3.45. The van der Waals surface area contributed by atoms with Crippen molar-refractivity contribution in [1.29, 1.82) is 0 Å². The van der Waals surface area contributed by atoms with Crippen molar-refractivity contribution in [2.45, 2.75) is 128 Å². The number of nitrogens with one attached hydrogen (secondary N) is 4. The Morgan fingerprint density at radius 3 is 1.69 bits per heavy atom. The summed E-state index contributed by atoms with van der Waals surface area (Å²) < 4.78 is 0. The van der Waals surface area contributed by atoms with Gasteiger partial charge in [-0.3, -0.25) is 39.4 Å². The fourth-order valence-corrected chi connectivity index (χ4v) is 6.84. The van der Waals surface area contributed by atoms with Crippen molar-refractivity contribution in [1.82, 2.24) is 21.3 Å². The third-order valence-electron chi connectivity index (χ3n) is 7.00. The first-order valence-corrected chi connectivity index (χ1v) is 17.7. The average molecular weight is 629 g/mol. The standard InChI is InChI=1S/C28H46N4O6S2.C2H6/c1-19(2)20(30-24(34)13-6-4-10-16-40-22-18-26(36)32-28(22)38)11-7-8-14-29-23(33)12-5-3-9-15-39-21-17-25(35)31-27(21)37;1-2/h19-22H,3-18H2,1-2H3,(H,29,33)(H,30,34)(H,31,35,37)(H,32,36,38);1-2H3. The highest BCUT2D eigenvalue weighted by Gasteiger charge is 2.31. The molecule has 2 aliphatic rings. The zero-order valence-corrected chi connectivity index (χ0v) is 27.5. The van der Waals surface area contributed by atoms with Gasteiger partial charge in [-0.05, 0) is 62.4 Å². The topological polar surface area (TPSA) is 151 Å². The Labute approximate surface area is 260 Å². The molecule has 42 heavy (non-hydrogen) atoms. The second kappa shape index (κ2) is 22.5. The van der Waals surface area contributed by atoms with Gasteiger partial charge in [0.05, 0.1) is 10.5 Å². The predicted molar refractivity (Wildman–Crippen MR) is 170 cm³/mol. The number of hydrogen-bond donors (Lipinski definition) is 4. The lowest BCUT2D eigenvalue weighted by atomic mass is 9.98. The van der Waals surface area contributed by atoms with Gasteiger partial charge in [-0.1, -0.05) is 40.5 Å². The fourth-order valence-electron chi connectivity index (χ4n) is 4.57. The van der Waals surface area contributed by atoms with Crippen LogP contribution < -0.4 is 21.3 Å². The SMILES string of the molecule is CC.CC(C)C(CCCCNC(=O)CCCCCSC1CC(=O)NC1=O)NC(=O)CCCCCSC1CC(=O)NC1=O. The van der Waals surface area contributed by atoms with Crippen LogP contribution in [0.15, 0.2) is 0 Å². The smallest absolute Gasteiger partial charge is 0.240 e. The highest BCUT2D eigenvalue weighted by atomic mass is 32.2. The number of carbonyl (C=O) groups is 6. The van der Waals surface area contributed by atoms with Crippen LogP contribution in [-0.4, -0.2) is 70.0 Å². The molecular formula is C30H52N4O6S2. The Kier molecular flexibility index (Phi) is 20.3. The lowest BCUT2D eigenvalue weighted by molar-refractivity contribution is -0.126. The Hall–Kier alpha value is -2.08. The second-order valence-electron chi connectivity index (χ2n) is 10.8. The zero-order valence-electron chi connectivity index (χ0n) is 25.9. The van der Waals surface area contributed by atoms with E-state index in [0.717, 1.165) is 69.3 Å². The molecule has 240 valence electrons. The first-order valence-electron chi connectivity index (χ1n) is 15.6. The maximum atomic E-state index is 12.4. The van der Waals surface area contributed by atoms with E-state index in [1.807, 2.05) is 13.8 Å². The Morgan fingerprint density at radius 2 is 1.24 bits per heavy atom. The molecule has 0 saturated carbocycles. The van der Waals surface area contributed by atoms with Crippen molar-refractivity contribution in [2.24, 2.45) is 5.92 Å². The number of carbonyl (C=O) groups excluding carboxylic acids is 6. The summed E-state index contributed by atoms with van der Waals surface area (Å²) in [6.45, 7) is 8.84. The van der Waals surface area contributed by atoms with E-state index in [1.165, 1.54) is 23.5 Å². The van der Waals surface area contributed by atoms with E-state index in [-0.39, 0.29) is 64.8 Å². The molecular weight excluding hydrogens is 576 g/mol. The summed E-state index contributed by atoms with van der Waals surface area (Å²) in [5, 5.41) is 10.3. The maximum Gasteiger partial charge on any atom is 0.240 e. The van der Waals surface area contributed by atoms with Crippen LogP contribution in [0.1, 0.15) is 111 Å².